The second kappa shape index (κ2) is 9.68. The maximum atomic E-state index is 12.6. The summed E-state index contributed by atoms with van der Waals surface area (Å²) in [4.78, 5) is 12.6. The van der Waals surface area contributed by atoms with Gasteiger partial charge in [-0.2, -0.15) is 0 Å². The lowest BCUT2D eigenvalue weighted by Crippen LogP contribution is -2.19. The predicted molar refractivity (Wildman–Crippen MR) is 117 cm³/mol. The summed E-state index contributed by atoms with van der Waals surface area (Å²) in [7, 11) is 0. The van der Waals surface area contributed by atoms with Gasteiger partial charge in [-0.1, -0.05) is 36.4 Å². The number of nitrogens with one attached hydrogen (secondary N) is 2. The highest BCUT2D eigenvalue weighted by Gasteiger charge is 2.16. The van der Waals surface area contributed by atoms with E-state index in [0.717, 1.165) is 16.5 Å². The van der Waals surface area contributed by atoms with Crippen molar-refractivity contribution in [2.75, 3.05) is 30.5 Å². The summed E-state index contributed by atoms with van der Waals surface area (Å²) in [6.45, 7) is 7.10. The van der Waals surface area contributed by atoms with Crippen LogP contribution in [-0.4, -0.2) is 25.9 Å². The molecule has 0 saturated heterocycles. The van der Waals surface area contributed by atoms with Gasteiger partial charge in [0.25, 0.3) is 0 Å². The SMILES string of the molecule is CCOc1cc(NC(=O)Nc2cccc3ccccc23)cc(OCC)c1OCC. The van der Waals surface area contributed by atoms with Crippen LogP contribution < -0.4 is 24.8 Å². The first kappa shape index (κ1) is 20.3. The molecule has 6 heteroatoms. The van der Waals surface area contributed by atoms with Crippen molar-refractivity contribution in [1.82, 2.24) is 0 Å². The van der Waals surface area contributed by atoms with E-state index < -0.39 is 0 Å². The van der Waals surface area contributed by atoms with Gasteiger partial charge in [-0.25, -0.2) is 4.79 Å². The van der Waals surface area contributed by atoms with Gasteiger partial charge in [0.05, 0.1) is 31.2 Å². The molecule has 152 valence electrons. The highest BCUT2D eigenvalue weighted by molar-refractivity contribution is 6.06. The molecule has 0 aliphatic carbocycles. The van der Waals surface area contributed by atoms with Gasteiger partial charge in [0, 0.05) is 17.5 Å². The summed E-state index contributed by atoms with van der Waals surface area (Å²) >= 11 is 0. The Morgan fingerprint density at radius 3 is 2.07 bits per heavy atom. The number of hydrogen-bond donors (Lipinski definition) is 2. The van der Waals surface area contributed by atoms with E-state index in [2.05, 4.69) is 10.6 Å². The lowest BCUT2D eigenvalue weighted by molar-refractivity contribution is 0.260. The second-order valence-corrected chi connectivity index (χ2v) is 6.21. The fraction of sp³-hybridized carbons (Fsp3) is 0.261. The average Bonchev–Trinajstić information content (AvgIpc) is 2.71. The van der Waals surface area contributed by atoms with Crippen LogP contribution in [0.3, 0.4) is 0 Å². The zero-order chi connectivity index (χ0) is 20.6. The van der Waals surface area contributed by atoms with E-state index in [-0.39, 0.29) is 6.03 Å². The molecular weight excluding hydrogens is 368 g/mol. The van der Waals surface area contributed by atoms with Crippen molar-refractivity contribution < 1.29 is 19.0 Å². The molecule has 0 radical (unpaired) electrons. The predicted octanol–water partition coefficient (Wildman–Crippen LogP) is 5.68. The second-order valence-electron chi connectivity index (χ2n) is 6.21. The molecule has 0 aromatic heterocycles. The van der Waals surface area contributed by atoms with Crippen molar-refractivity contribution in [3.8, 4) is 17.2 Å². The minimum atomic E-state index is -0.351. The van der Waals surface area contributed by atoms with E-state index in [1.54, 1.807) is 12.1 Å². The molecule has 0 unspecified atom stereocenters. The minimum absolute atomic E-state index is 0.351. The third kappa shape index (κ3) is 4.90. The van der Waals surface area contributed by atoms with Gasteiger partial charge in [-0.3, -0.25) is 0 Å². The molecule has 3 aromatic rings. The molecule has 2 amide bonds. The van der Waals surface area contributed by atoms with Gasteiger partial charge in [0.2, 0.25) is 5.75 Å². The Hall–Kier alpha value is -3.41. The number of carbonyl (C=O) groups is 1. The molecule has 3 rings (SSSR count). The molecule has 0 aliphatic rings. The molecule has 6 nitrogen and oxygen atoms in total. The zero-order valence-electron chi connectivity index (χ0n) is 17.0. The van der Waals surface area contributed by atoms with Gasteiger partial charge in [0.15, 0.2) is 11.5 Å². The minimum Gasteiger partial charge on any atom is -0.490 e. The summed E-state index contributed by atoms with van der Waals surface area (Å²) in [5.41, 5.74) is 1.29. The van der Waals surface area contributed by atoms with Gasteiger partial charge in [0.1, 0.15) is 0 Å². The number of urea groups is 1. The number of anilines is 2. The summed E-state index contributed by atoms with van der Waals surface area (Å²) < 4.78 is 17.1. The topological polar surface area (TPSA) is 68.8 Å². The molecule has 2 N–H and O–H groups in total. The van der Waals surface area contributed by atoms with Gasteiger partial charge in [-0.15, -0.1) is 0 Å². The van der Waals surface area contributed by atoms with Crippen LogP contribution >= 0.6 is 0 Å². The van der Waals surface area contributed by atoms with E-state index in [0.29, 0.717) is 42.8 Å². The third-order valence-electron chi connectivity index (χ3n) is 4.20. The van der Waals surface area contributed by atoms with Gasteiger partial charge >= 0.3 is 6.03 Å². The van der Waals surface area contributed by atoms with E-state index in [4.69, 9.17) is 14.2 Å². The van der Waals surface area contributed by atoms with E-state index in [9.17, 15) is 4.79 Å². The first-order valence-corrected chi connectivity index (χ1v) is 9.78. The molecular formula is C23H26N2O4. The maximum absolute atomic E-state index is 12.6. The highest BCUT2D eigenvalue weighted by Crippen LogP contribution is 2.40. The normalized spacial score (nSPS) is 10.4. The number of carbonyl (C=O) groups excluding carboxylic acids is 1. The number of benzene rings is 3. The largest absolute Gasteiger partial charge is 0.490 e. The summed E-state index contributed by atoms with van der Waals surface area (Å²) in [5, 5.41) is 7.80. The van der Waals surface area contributed by atoms with Gasteiger partial charge < -0.3 is 24.8 Å². The standard InChI is InChI=1S/C23H26N2O4/c1-4-27-20-14-17(15-21(28-5-2)22(20)29-6-3)24-23(26)25-19-13-9-11-16-10-7-8-12-18(16)19/h7-15H,4-6H2,1-3H3,(H2,24,25,26). The van der Waals surface area contributed by atoms with E-state index >= 15 is 0 Å². The lowest BCUT2D eigenvalue weighted by Gasteiger charge is -2.17. The van der Waals surface area contributed by atoms with E-state index in [1.165, 1.54) is 0 Å². The Balaban J connectivity index is 1.85. The average molecular weight is 394 g/mol. The van der Waals surface area contributed by atoms with Crippen LogP contribution in [0.1, 0.15) is 20.8 Å². The molecule has 0 saturated carbocycles. The van der Waals surface area contributed by atoms with Crippen LogP contribution in [0.25, 0.3) is 10.8 Å². The Morgan fingerprint density at radius 1 is 0.793 bits per heavy atom. The van der Waals surface area contributed by atoms with Crippen molar-refractivity contribution in [1.29, 1.82) is 0 Å². The van der Waals surface area contributed by atoms with Crippen LogP contribution in [0.2, 0.25) is 0 Å². The number of hydrogen-bond acceptors (Lipinski definition) is 4. The number of rotatable bonds is 8. The first-order chi connectivity index (χ1) is 14.2. The molecule has 0 aliphatic heterocycles. The molecule has 0 spiro atoms. The highest BCUT2D eigenvalue weighted by atomic mass is 16.5. The van der Waals surface area contributed by atoms with Crippen LogP contribution in [0, 0.1) is 0 Å². The summed E-state index contributed by atoms with van der Waals surface area (Å²) in [6.07, 6.45) is 0. The fourth-order valence-corrected chi connectivity index (χ4v) is 3.08. The Morgan fingerprint density at radius 2 is 1.41 bits per heavy atom. The van der Waals surface area contributed by atoms with Gasteiger partial charge in [-0.05, 0) is 32.2 Å². The number of amides is 2. The molecule has 0 atom stereocenters. The van der Waals surface area contributed by atoms with Crippen LogP contribution in [0.15, 0.2) is 54.6 Å². The molecule has 0 heterocycles. The Bertz CT molecular complexity index is 955. The van der Waals surface area contributed by atoms with Crippen molar-refractivity contribution in [2.45, 2.75) is 20.8 Å². The molecule has 0 bridgehead atoms. The van der Waals surface area contributed by atoms with E-state index in [1.807, 2.05) is 63.2 Å². The first-order valence-electron chi connectivity index (χ1n) is 9.78. The Kier molecular flexibility index (Phi) is 6.79. The Labute approximate surface area is 170 Å². The van der Waals surface area contributed by atoms with Crippen molar-refractivity contribution in [3.63, 3.8) is 0 Å². The van der Waals surface area contributed by atoms with Crippen LogP contribution in [-0.2, 0) is 0 Å². The zero-order valence-corrected chi connectivity index (χ0v) is 17.0. The van der Waals surface area contributed by atoms with Crippen molar-refractivity contribution >= 4 is 28.2 Å². The van der Waals surface area contributed by atoms with Crippen LogP contribution in [0.4, 0.5) is 16.2 Å². The smallest absolute Gasteiger partial charge is 0.323 e. The summed E-state index contributed by atoms with van der Waals surface area (Å²) in [5.74, 6) is 1.60. The molecule has 0 fully saturated rings. The van der Waals surface area contributed by atoms with Crippen molar-refractivity contribution in [2.24, 2.45) is 0 Å². The molecule has 3 aromatic carbocycles. The third-order valence-corrected chi connectivity index (χ3v) is 4.20. The quantitative estimate of drug-likeness (QED) is 0.516. The number of fused-ring (bicyclic) bond motifs is 1. The summed E-state index contributed by atoms with van der Waals surface area (Å²) in [6, 6.07) is 16.8. The lowest BCUT2D eigenvalue weighted by atomic mass is 10.1. The maximum Gasteiger partial charge on any atom is 0.323 e. The number of ether oxygens (including phenoxy) is 3. The molecule has 29 heavy (non-hydrogen) atoms. The van der Waals surface area contributed by atoms with Crippen LogP contribution in [0.5, 0.6) is 17.2 Å². The fourth-order valence-electron chi connectivity index (χ4n) is 3.08. The monoisotopic (exact) mass is 394 g/mol. The van der Waals surface area contributed by atoms with Crippen molar-refractivity contribution in [3.05, 3.63) is 54.6 Å².